The quantitative estimate of drug-likeness (QED) is 0.822. The Balaban J connectivity index is 2.44. The average molecular weight is 246 g/mol. The van der Waals surface area contributed by atoms with Crippen molar-refractivity contribution in [2.75, 3.05) is 14.2 Å². The number of carbonyl (C=O) groups excluding carboxylic acids is 1. The van der Waals surface area contributed by atoms with Gasteiger partial charge in [-0.25, -0.2) is 0 Å². The first kappa shape index (κ1) is 12.7. The number of ether oxygens (including phenoxy) is 2. The van der Waals surface area contributed by atoms with E-state index in [1.54, 1.807) is 20.3 Å². The first-order valence-corrected chi connectivity index (χ1v) is 6.04. The van der Waals surface area contributed by atoms with E-state index >= 15 is 0 Å². The maximum atomic E-state index is 12.3. The fourth-order valence-electron chi connectivity index (χ4n) is 2.40. The van der Waals surface area contributed by atoms with Crippen molar-refractivity contribution in [3.8, 4) is 5.75 Å². The molecule has 0 bridgehead atoms. The fourth-order valence-corrected chi connectivity index (χ4v) is 2.40. The Kier molecular flexibility index (Phi) is 3.41. The molecule has 0 saturated carbocycles. The van der Waals surface area contributed by atoms with Gasteiger partial charge in [0.25, 0.3) is 0 Å². The minimum absolute atomic E-state index is 0.0788. The highest BCUT2D eigenvalue weighted by atomic mass is 16.5. The third-order valence-corrected chi connectivity index (χ3v) is 3.67. The van der Waals surface area contributed by atoms with Gasteiger partial charge in [0, 0.05) is 18.1 Å². The lowest BCUT2D eigenvalue weighted by atomic mass is 9.71. The molecule has 1 aliphatic carbocycles. The van der Waals surface area contributed by atoms with Gasteiger partial charge in [0.1, 0.15) is 5.75 Å². The Morgan fingerprint density at radius 2 is 1.89 bits per heavy atom. The molecule has 3 heteroatoms. The molecule has 0 N–H and O–H groups in total. The van der Waals surface area contributed by atoms with E-state index in [2.05, 4.69) is 0 Å². The van der Waals surface area contributed by atoms with Crippen molar-refractivity contribution in [3.05, 3.63) is 41.7 Å². The molecule has 1 aromatic carbocycles. The van der Waals surface area contributed by atoms with Gasteiger partial charge in [-0.15, -0.1) is 0 Å². The van der Waals surface area contributed by atoms with Crippen LogP contribution in [0.25, 0.3) is 0 Å². The number of para-hydroxylation sites is 1. The van der Waals surface area contributed by atoms with Crippen LogP contribution in [0.3, 0.4) is 0 Å². The zero-order chi connectivity index (χ0) is 13.2. The number of ketones is 1. The third kappa shape index (κ3) is 2.01. The van der Waals surface area contributed by atoms with Gasteiger partial charge in [0.05, 0.1) is 25.4 Å². The van der Waals surface area contributed by atoms with Gasteiger partial charge in [-0.05, 0) is 19.4 Å². The van der Waals surface area contributed by atoms with Crippen molar-refractivity contribution in [1.29, 1.82) is 0 Å². The molecule has 0 aliphatic heterocycles. The number of benzene rings is 1. The van der Waals surface area contributed by atoms with Crippen LogP contribution in [-0.2, 0) is 14.9 Å². The Morgan fingerprint density at radius 1 is 1.17 bits per heavy atom. The standard InChI is InChI=1S/C15H18O3/c1-15(9-8-11(17-2)10-14(15)16)12-6-4-5-7-13(12)18-3/h4-7,10H,8-9H2,1-3H3. The second-order valence-electron chi connectivity index (χ2n) is 4.71. The summed E-state index contributed by atoms with van der Waals surface area (Å²) in [5.74, 6) is 1.60. The van der Waals surface area contributed by atoms with Gasteiger partial charge >= 0.3 is 0 Å². The number of carbonyl (C=O) groups is 1. The zero-order valence-electron chi connectivity index (χ0n) is 11.0. The van der Waals surface area contributed by atoms with Crippen LogP contribution >= 0.6 is 0 Å². The van der Waals surface area contributed by atoms with E-state index in [1.165, 1.54) is 0 Å². The summed E-state index contributed by atoms with van der Waals surface area (Å²) in [5.41, 5.74) is 0.429. The van der Waals surface area contributed by atoms with Gasteiger partial charge in [0.2, 0.25) is 0 Å². The molecule has 0 aromatic heterocycles. The lowest BCUT2D eigenvalue weighted by Crippen LogP contribution is -2.34. The number of methoxy groups -OCH3 is 2. The number of hydrogen-bond donors (Lipinski definition) is 0. The van der Waals surface area contributed by atoms with E-state index in [0.29, 0.717) is 0 Å². The van der Waals surface area contributed by atoms with Crippen molar-refractivity contribution >= 4 is 5.78 Å². The second kappa shape index (κ2) is 4.84. The minimum atomic E-state index is -0.519. The highest BCUT2D eigenvalue weighted by Gasteiger charge is 2.38. The summed E-state index contributed by atoms with van der Waals surface area (Å²) in [6.45, 7) is 1.97. The van der Waals surface area contributed by atoms with E-state index in [-0.39, 0.29) is 5.78 Å². The molecule has 0 saturated heterocycles. The average Bonchev–Trinajstić information content (AvgIpc) is 2.42. The van der Waals surface area contributed by atoms with Crippen LogP contribution in [0.1, 0.15) is 25.3 Å². The van der Waals surface area contributed by atoms with Crippen molar-refractivity contribution in [3.63, 3.8) is 0 Å². The van der Waals surface area contributed by atoms with Gasteiger partial charge in [-0.3, -0.25) is 4.79 Å². The number of hydrogen-bond acceptors (Lipinski definition) is 3. The Labute approximate surface area is 107 Å². The predicted octanol–water partition coefficient (Wildman–Crippen LogP) is 2.85. The minimum Gasteiger partial charge on any atom is -0.501 e. The maximum Gasteiger partial charge on any atom is 0.169 e. The highest BCUT2D eigenvalue weighted by Crippen LogP contribution is 2.40. The molecule has 18 heavy (non-hydrogen) atoms. The monoisotopic (exact) mass is 246 g/mol. The predicted molar refractivity (Wildman–Crippen MR) is 69.7 cm³/mol. The summed E-state index contributed by atoms with van der Waals surface area (Å²) < 4.78 is 10.5. The molecule has 0 radical (unpaired) electrons. The van der Waals surface area contributed by atoms with Crippen LogP contribution in [0.5, 0.6) is 5.75 Å². The highest BCUT2D eigenvalue weighted by molar-refractivity contribution is 6.00. The molecule has 1 atom stereocenters. The normalized spacial score (nSPS) is 23.5. The Morgan fingerprint density at radius 3 is 2.50 bits per heavy atom. The van der Waals surface area contributed by atoms with E-state index in [9.17, 15) is 4.79 Å². The summed E-state index contributed by atoms with van der Waals surface area (Å²) in [5, 5.41) is 0. The van der Waals surface area contributed by atoms with Crippen LogP contribution in [0.4, 0.5) is 0 Å². The molecule has 1 aromatic rings. The van der Waals surface area contributed by atoms with Gasteiger partial charge in [-0.2, -0.15) is 0 Å². The van der Waals surface area contributed by atoms with Crippen molar-refractivity contribution in [2.24, 2.45) is 0 Å². The first-order chi connectivity index (χ1) is 8.61. The van der Waals surface area contributed by atoms with Gasteiger partial charge in [-0.1, -0.05) is 18.2 Å². The molecule has 1 aliphatic rings. The van der Waals surface area contributed by atoms with Gasteiger partial charge in [0.15, 0.2) is 5.78 Å². The van der Waals surface area contributed by atoms with Gasteiger partial charge < -0.3 is 9.47 Å². The summed E-state index contributed by atoms with van der Waals surface area (Å²) in [7, 11) is 3.23. The fraction of sp³-hybridized carbons (Fsp3) is 0.400. The van der Waals surface area contributed by atoms with E-state index in [4.69, 9.17) is 9.47 Å². The topological polar surface area (TPSA) is 35.5 Å². The first-order valence-electron chi connectivity index (χ1n) is 6.04. The molecular weight excluding hydrogens is 228 g/mol. The van der Waals surface area contributed by atoms with Crippen LogP contribution in [0.15, 0.2) is 36.1 Å². The zero-order valence-corrected chi connectivity index (χ0v) is 11.0. The molecule has 0 amide bonds. The second-order valence-corrected chi connectivity index (χ2v) is 4.71. The third-order valence-electron chi connectivity index (χ3n) is 3.67. The lowest BCUT2D eigenvalue weighted by Gasteiger charge is -2.32. The van der Waals surface area contributed by atoms with Crippen molar-refractivity contribution in [1.82, 2.24) is 0 Å². The molecule has 0 heterocycles. The van der Waals surface area contributed by atoms with E-state index < -0.39 is 5.41 Å². The van der Waals surface area contributed by atoms with Crippen LogP contribution in [0.2, 0.25) is 0 Å². The summed E-state index contributed by atoms with van der Waals surface area (Å²) in [6, 6.07) is 7.70. The molecule has 1 unspecified atom stereocenters. The van der Waals surface area contributed by atoms with E-state index in [1.807, 2.05) is 31.2 Å². The Hall–Kier alpha value is -1.77. The number of allylic oxidation sites excluding steroid dienone is 2. The molecule has 3 nitrogen and oxygen atoms in total. The van der Waals surface area contributed by atoms with Crippen LogP contribution in [-0.4, -0.2) is 20.0 Å². The number of rotatable bonds is 3. The Bertz CT molecular complexity index is 490. The van der Waals surface area contributed by atoms with Crippen molar-refractivity contribution in [2.45, 2.75) is 25.2 Å². The largest absolute Gasteiger partial charge is 0.501 e. The molecule has 96 valence electrons. The SMILES string of the molecule is COC1=CC(=O)C(C)(c2ccccc2OC)CC1. The molecule has 0 spiro atoms. The summed E-state index contributed by atoms with van der Waals surface area (Å²) >= 11 is 0. The smallest absolute Gasteiger partial charge is 0.169 e. The van der Waals surface area contributed by atoms with E-state index in [0.717, 1.165) is 29.9 Å². The molecular formula is C15H18O3. The molecule has 2 rings (SSSR count). The summed E-state index contributed by atoms with van der Waals surface area (Å²) in [6.07, 6.45) is 3.12. The molecule has 0 fully saturated rings. The van der Waals surface area contributed by atoms with Crippen LogP contribution < -0.4 is 4.74 Å². The maximum absolute atomic E-state index is 12.3. The van der Waals surface area contributed by atoms with Crippen LogP contribution in [0, 0.1) is 0 Å². The summed E-state index contributed by atoms with van der Waals surface area (Å²) in [4.78, 5) is 12.3. The van der Waals surface area contributed by atoms with Crippen molar-refractivity contribution < 1.29 is 14.3 Å². The lowest BCUT2D eigenvalue weighted by molar-refractivity contribution is -0.120.